The fourth-order valence-electron chi connectivity index (χ4n) is 2.31. The van der Waals surface area contributed by atoms with Crippen LogP contribution >= 0.6 is 11.8 Å². The Morgan fingerprint density at radius 2 is 1.93 bits per heavy atom. The maximum absolute atomic E-state index is 13.5. The number of carbonyl (C=O) groups excluding carboxylic acids is 2. The SMILES string of the molecule is O=C(COC(=O)CSc1nc2ccccc2o1)NCCc1ccccc1F. The van der Waals surface area contributed by atoms with E-state index < -0.39 is 11.9 Å². The van der Waals surface area contributed by atoms with Gasteiger partial charge in [0.05, 0.1) is 0 Å². The summed E-state index contributed by atoms with van der Waals surface area (Å²) < 4.78 is 23.9. The van der Waals surface area contributed by atoms with E-state index in [0.717, 1.165) is 11.8 Å². The molecule has 0 spiro atoms. The number of nitrogens with zero attached hydrogens (tertiary/aromatic N) is 1. The summed E-state index contributed by atoms with van der Waals surface area (Å²) in [5.41, 5.74) is 1.87. The minimum absolute atomic E-state index is 0.0185. The third-order valence-corrected chi connectivity index (χ3v) is 4.43. The molecule has 1 N–H and O–H groups in total. The molecule has 0 saturated carbocycles. The van der Waals surface area contributed by atoms with E-state index in [0.29, 0.717) is 28.3 Å². The van der Waals surface area contributed by atoms with Gasteiger partial charge in [0.25, 0.3) is 11.1 Å². The van der Waals surface area contributed by atoms with Gasteiger partial charge >= 0.3 is 5.97 Å². The van der Waals surface area contributed by atoms with Gasteiger partial charge in [-0.3, -0.25) is 9.59 Å². The van der Waals surface area contributed by atoms with Crippen LogP contribution in [0.5, 0.6) is 0 Å². The Bertz CT molecular complexity index is 911. The second-order valence-electron chi connectivity index (χ2n) is 5.59. The van der Waals surface area contributed by atoms with Crippen LogP contribution in [0, 0.1) is 5.82 Å². The maximum atomic E-state index is 13.5. The molecule has 0 unspecified atom stereocenters. The zero-order chi connectivity index (χ0) is 19.1. The number of hydrogen-bond donors (Lipinski definition) is 1. The molecule has 6 nitrogen and oxygen atoms in total. The molecule has 3 aromatic rings. The van der Waals surface area contributed by atoms with Gasteiger partial charge in [0, 0.05) is 6.54 Å². The number of oxazole rings is 1. The average Bonchev–Trinajstić information content (AvgIpc) is 3.09. The number of amides is 1. The minimum atomic E-state index is -0.550. The molecule has 3 rings (SSSR count). The highest BCUT2D eigenvalue weighted by Gasteiger charge is 2.12. The molecule has 0 aliphatic rings. The van der Waals surface area contributed by atoms with Crippen molar-refractivity contribution in [3.8, 4) is 0 Å². The van der Waals surface area contributed by atoms with Gasteiger partial charge in [-0.25, -0.2) is 9.37 Å². The van der Waals surface area contributed by atoms with Gasteiger partial charge in [0.2, 0.25) is 0 Å². The third kappa shape index (κ3) is 5.55. The zero-order valence-corrected chi connectivity index (χ0v) is 15.1. The van der Waals surface area contributed by atoms with E-state index in [2.05, 4.69) is 10.3 Å². The van der Waals surface area contributed by atoms with Crippen LogP contribution in [0.1, 0.15) is 5.56 Å². The predicted octanol–water partition coefficient (Wildman–Crippen LogP) is 2.96. The van der Waals surface area contributed by atoms with Gasteiger partial charge in [0.1, 0.15) is 17.1 Å². The largest absolute Gasteiger partial charge is 0.455 e. The first-order valence-corrected chi connectivity index (χ1v) is 9.24. The molecule has 0 aliphatic carbocycles. The Morgan fingerprint density at radius 3 is 2.74 bits per heavy atom. The molecule has 0 saturated heterocycles. The number of fused-ring (bicyclic) bond motifs is 1. The van der Waals surface area contributed by atoms with Gasteiger partial charge < -0.3 is 14.5 Å². The van der Waals surface area contributed by atoms with Crippen LogP contribution in [0.3, 0.4) is 0 Å². The van der Waals surface area contributed by atoms with Crippen LogP contribution in [0.4, 0.5) is 4.39 Å². The normalized spacial score (nSPS) is 10.7. The number of benzene rings is 2. The molecule has 1 heterocycles. The van der Waals surface area contributed by atoms with Crippen molar-refractivity contribution in [1.82, 2.24) is 10.3 Å². The van der Waals surface area contributed by atoms with E-state index in [9.17, 15) is 14.0 Å². The highest BCUT2D eigenvalue weighted by Crippen LogP contribution is 2.23. The zero-order valence-electron chi connectivity index (χ0n) is 14.3. The molecule has 0 radical (unpaired) electrons. The minimum Gasteiger partial charge on any atom is -0.455 e. The fourth-order valence-corrected chi connectivity index (χ4v) is 2.95. The number of halogens is 1. The fraction of sp³-hybridized carbons (Fsp3) is 0.211. The van der Waals surface area contributed by atoms with Crippen LogP contribution in [-0.4, -0.2) is 35.8 Å². The first kappa shape index (κ1) is 18.9. The van der Waals surface area contributed by atoms with Crippen molar-refractivity contribution in [2.24, 2.45) is 0 Å². The van der Waals surface area contributed by atoms with Gasteiger partial charge in [-0.1, -0.05) is 42.1 Å². The summed E-state index contributed by atoms with van der Waals surface area (Å²) in [5, 5.41) is 2.95. The van der Waals surface area contributed by atoms with Crippen LogP contribution in [0.25, 0.3) is 11.1 Å². The van der Waals surface area contributed by atoms with Crippen LogP contribution in [0.15, 0.2) is 58.2 Å². The smallest absolute Gasteiger partial charge is 0.316 e. The topological polar surface area (TPSA) is 81.4 Å². The molecule has 0 fully saturated rings. The summed E-state index contributed by atoms with van der Waals surface area (Å²) in [7, 11) is 0. The molecule has 27 heavy (non-hydrogen) atoms. The summed E-state index contributed by atoms with van der Waals surface area (Å²) >= 11 is 1.10. The van der Waals surface area contributed by atoms with Crippen molar-refractivity contribution in [3.05, 3.63) is 59.9 Å². The summed E-state index contributed by atoms with van der Waals surface area (Å²) in [5.74, 6) is -1.32. The molecule has 0 aliphatic heterocycles. The van der Waals surface area contributed by atoms with Crippen molar-refractivity contribution in [2.75, 3.05) is 18.9 Å². The molecule has 0 atom stereocenters. The Balaban J connectivity index is 1.34. The van der Waals surface area contributed by atoms with E-state index in [-0.39, 0.29) is 24.7 Å². The standard InChI is InChI=1S/C19H17FN2O4S/c20-14-6-2-1-5-13(14)9-10-21-17(23)11-25-18(24)12-27-19-22-15-7-3-4-8-16(15)26-19/h1-8H,9-12H2,(H,21,23). The lowest BCUT2D eigenvalue weighted by Crippen LogP contribution is -2.30. The van der Waals surface area contributed by atoms with E-state index in [1.807, 2.05) is 18.2 Å². The van der Waals surface area contributed by atoms with E-state index >= 15 is 0 Å². The number of thioether (sulfide) groups is 1. The number of hydrogen-bond acceptors (Lipinski definition) is 6. The van der Waals surface area contributed by atoms with Crippen LogP contribution < -0.4 is 5.32 Å². The van der Waals surface area contributed by atoms with Crippen molar-refractivity contribution >= 4 is 34.7 Å². The van der Waals surface area contributed by atoms with Gasteiger partial charge in [-0.05, 0) is 30.2 Å². The number of nitrogens with one attached hydrogen (secondary N) is 1. The van der Waals surface area contributed by atoms with Crippen molar-refractivity contribution in [2.45, 2.75) is 11.6 Å². The Morgan fingerprint density at radius 1 is 1.15 bits per heavy atom. The monoisotopic (exact) mass is 388 g/mol. The molecule has 1 aromatic heterocycles. The van der Waals surface area contributed by atoms with E-state index in [1.165, 1.54) is 6.07 Å². The van der Waals surface area contributed by atoms with Gasteiger partial charge in [-0.15, -0.1) is 0 Å². The Labute approximate surface area is 159 Å². The summed E-state index contributed by atoms with van der Waals surface area (Å²) in [6.45, 7) is -0.126. The van der Waals surface area contributed by atoms with Crippen LogP contribution in [0.2, 0.25) is 0 Å². The number of para-hydroxylation sites is 2. The second kappa shape index (κ2) is 9.18. The number of carbonyl (C=O) groups is 2. The summed E-state index contributed by atoms with van der Waals surface area (Å²) in [4.78, 5) is 27.7. The molecular weight excluding hydrogens is 371 g/mol. The molecule has 140 valence electrons. The summed E-state index contributed by atoms with van der Waals surface area (Å²) in [6, 6.07) is 13.6. The Hall–Kier alpha value is -2.87. The number of ether oxygens (including phenoxy) is 1. The lowest BCUT2D eigenvalue weighted by atomic mass is 10.1. The molecule has 8 heteroatoms. The highest BCUT2D eigenvalue weighted by molar-refractivity contribution is 7.99. The van der Waals surface area contributed by atoms with Gasteiger partial charge in [-0.2, -0.15) is 0 Å². The van der Waals surface area contributed by atoms with Crippen LogP contribution in [-0.2, 0) is 20.7 Å². The maximum Gasteiger partial charge on any atom is 0.316 e. The van der Waals surface area contributed by atoms with Gasteiger partial charge in [0.15, 0.2) is 12.2 Å². The molecule has 0 bridgehead atoms. The number of rotatable bonds is 8. The lowest BCUT2D eigenvalue weighted by molar-refractivity contribution is -0.145. The Kier molecular flexibility index (Phi) is 6.43. The van der Waals surface area contributed by atoms with Crippen molar-refractivity contribution in [1.29, 1.82) is 0 Å². The third-order valence-electron chi connectivity index (χ3n) is 3.63. The second-order valence-corrected chi connectivity index (χ2v) is 6.51. The lowest BCUT2D eigenvalue weighted by Gasteiger charge is -2.07. The molecular formula is C19H17FN2O4S. The molecule has 1 amide bonds. The van der Waals surface area contributed by atoms with E-state index in [1.54, 1.807) is 24.3 Å². The van der Waals surface area contributed by atoms with Crippen molar-refractivity contribution in [3.63, 3.8) is 0 Å². The summed E-state index contributed by atoms with van der Waals surface area (Å²) in [6.07, 6.45) is 0.361. The highest BCUT2D eigenvalue weighted by atomic mass is 32.2. The predicted molar refractivity (Wildman–Crippen MR) is 98.8 cm³/mol. The average molecular weight is 388 g/mol. The van der Waals surface area contributed by atoms with Crippen molar-refractivity contribution < 1.29 is 23.1 Å². The number of esters is 1. The first-order chi connectivity index (χ1) is 13.1. The quantitative estimate of drug-likeness (QED) is 0.472. The number of aromatic nitrogens is 1. The molecule has 2 aromatic carbocycles. The first-order valence-electron chi connectivity index (χ1n) is 8.26. The van der Waals surface area contributed by atoms with E-state index in [4.69, 9.17) is 9.15 Å².